The van der Waals surface area contributed by atoms with Gasteiger partial charge in [0.2, 0.25) is 0 Å². The number of methoxy groups -OCH3 is 1. The van der Waals surface area contributed by atoms with E-state index in [1.165, 1.54) is 14.0 Å². The predicted molar refractivity (Wildman–Crippen MR) is 109 cm³/mol. The van der Waals surface area contributed by atoms with Crippen LogP contribution < -0.4 is 0 Å². The predicted octanol–water partition coefficient (Wildman–Crippen LogP) is -5.85. The molecule has 3 saturated heterocycles. The van der Waals surface area contributed by atoms with Crippen molar-refractivity contribution in [1.29, 1.82) is 0 Å². The first-order valence-corrected chi connectivity index (χ1v) is 11.3. The maximum Gasteiger partial charge on any atom is 0.187 e. The van der Waals surface area contributed by atoms with Gasteiger partial charge < -0.3 is 74.4 Å². The Bertz CT molecular complexity index is 652. The van der Waals surface area contributed by atoms with Gasteiger partial charge >= 0.3 is 0 Å². The molecule has 3 fully saturated rings. The summed E-state index contributed by atoms with van der Waals surface area (Å²) in [7, 11) is 1.33. The molecule has 0 saturated carbocycles. The third kappa shape index (κ3) is 5.95. The van der Waals surface area contributed by atoms with Crippen molar-refractivity contribution in [3.63, 3.8) is 0 Å². The van der Waals surface area contributed by atoms with E-state index in [2.05, 4.69) is 0 Å². The van der Waals surface area contributed by atoms with Gasteiger partial charge in [0.1, 0.15) is 73.2 Å². The van der Waals surface area contributed by atoms with Crippen molar-refractivity contribution in [2.75, 3.05) is 26.9 Å². The topological polar surface area (TPSA) is 237 Å². The van der Waals surface area contributed by atoms with Crippen molar-refractivity contribution < 1.29 is 74.4 Å². The minimum absolute atomic E-state index is 0.154. The van der Waals surface area contributed by atoms with Gasteiger partial charge in [-0.05, 0) is 6.92 Å². The van der Waals surface area contributed by atoms with Crippen molar-refractivity contribution in [1.82, 2.24) is 0 Å². The fraction of sp³-hybridized carbons (Fsp3) is 1.00. The summed E-state index contributed by atoms with van der Waals surface area (Å²) in [5.41, 5.74) is 0. The van der Waals surface area contributed by atoms with E-state index in [0.717, 1.165) is 0 Å². The molecule has 7 unspecified atom stereocenters. The molecular formula is C20H36O15. The van der Waals surface area contributed by atoms with Crippen molar-refractivity contribution >= 4 is 0 Å². The molecule has 206 valence electrons. The second-order valence-corrected chi connectivity index (χ2v) is 8.92. The first kappa shape index (κ1) is 29.0. The Labute approximate surface area is 200 Å². The number of aliphatic hydroxyl groups excluding tert-OH is 9. The molecule has 0 aromatic heterocycles. The lowest BCUT2D eigenvalue weighted by Gasteiger charge is -2.48. The van der Waals surface area contributed by atoms with Gasteiger partial charge in [0.25, 0.3) is 0 Å². The summed E-state index contributed by atoms with van der Waals surface area (Å²) in [6.07, 6.45) is -21.9. The maximum atomic E-state index is 10.7. The molecule has 0 aromatic rings. The zero-order valence-corrected chi connectivity index (χ0v) is 19.3. The van der Waals surface area contributed by atoms with Gasteiger partial charge in [0.05, 0.1) is 25.9 Å². The highest BCUT2D eigenvalue weighted by Gasteiger charge is 2.53. The molecule has 0 amide bonds. The van der Waals surface area contributed by atoms with Crippen LogP contribution in [-0.2, 0) is 28.4 Å². The third-order valence-electron chi connectivity index (χ3n) is 6.51. The minimum Gasteiger partial charge on any atom is -0.394 e. The van der Waals surface area contributed by atoms with E-state index in [4.69, 9.17) is 28.4 Å². The lowest BCUT2D eigenvalue weighted by molar-refractivity contribution is -0.372. The Hall–Kier alpha value is -0.600. The molecule has 3 heterocycles. The molecule has 15 heteroatoms. The number of rotatable bonds is 8. The maximum absolute atomic E-state index is 10.7. The van der Waals surface area contributed by atoms with E-state index in [1.807, 2.05) is 0 Å². The highest BCUT2D eigenvalue weighted by Crippen LogP contribution is 2.32. The highest BCUT2D eigenvalue weighted by atomic mass is 16.7. The van der Waals surface area contributed by atoms with Crippen molar-refractivity contribution in [3.05, 3.63) is 0 Å². The lowest BCUT2D eigenvalue weighted by atomic mass is 9.94. The number of aliphatic hydroxyl groups is 9. The molecule has 0 spiro atoms. The van der Waals surface area contributed by atoms with Crippen LogP contribution in [0.15, 0.2) is 0 Å². The molecular weight excluding hydrogens is 480 g/mol. The number of hydrogen-bond acceptors (Lipinski definition) is 15. The molecule has 35 heavy (non-hydrogen) atoms. The van der Waals surface area contributed by atoms with Crippen LogP contribution in [0.1, 0.15) is 6.92 Å². The van der Waals surface area contributed by atoms with Gasteiger partial charge in [-0.25, -0.2) is 0 Å². The van der Waals surface area contributed by atoms with Crippen LogP contribution in [0, 0.1) is 0 Å². The Balaban J connectivity index is 1.72. The minimum atomic E-state index is -1.82. The van der Waals surface area contributed by atoms with E-state index in [0.29, 0.717) is 0 Å². The van der Waals surface area contributed by atoms with Crippen LogP contribution in [0.25, 0.3) is 0 Å². The summed E-state index contributed by atoms with van der Waals surface area (Å²) in [6.45, 7) is -0.0104. The lowest BCUT2D eigenvalue weighted by Crippen LogP contribution is -2.66. The highest BCUT2D eigenvalue weighted by molar-refractivity contribution is 4.96. The standard InChI is InChI=1S/C20H36O15/c1-6-10(23)13(26)17(7(3-21)31-6)34-20-16(29)14(27)18(8(4-22)32-20)35-19-15(28)12(25)11(24)9(33-19)5-30-2/h6-29H,3-5H2,1-2H3/t6?,7?,8?,9?,10?,11-,12-,13+,14+,15?,16?,17+,18+,19+,20+/m1/s1. The van der Waals surface area contributed by atoms with Crippen LogP contribution in [0.5, 0.6) is 0 Å². The van der Waals surface area contributed by atoms with Gasteiger partial charge in [-0.3, -0.25) is 0 Å². The average molecular weight is 516 g/mol. The largest absolute Gasteiger partial charge is 0.394 e. The quantitative estimate of drug-likeness (QED) is 0.146. The van der Waals surface area contributed by atoms with Crippen molar-refractivity contribution in [2.24, 2.45) is 0 Å². The second kappa shape index (κ2) is 12.3. The SMILES string of the molecule is COCC1O[C@@H](O[C@H]2C(CO)O[C@@H](O[C@H]3C(CO)OC(C)C(O)[C@@H]3O)C(O)[C@@H]2O)C(O)[C@H](O)[C@@H]1O. The van der Waals surface area contributed by atoms with Crippen molar-refractivity contribution in [2.45, 2.75) is 98.9 Å². The third-order valence-corrected chi connectivity index (χ3v) is 6.51. The number of hydrogen-bond donors (Lipinski definition) is 9. The first-order valence-electron chi connectivity index (χ1n) is 11.3. The molecule has 3 aliphatic heterocycles. The van der Waals surface area contributed by atoms with Gasteiger partial charge in [0.15, 0.2) is 12.6 Å². The van der Waals surface area contributed by atoms with Crippen LogP contribution in [0.2, 0.25) is 0 Å². The molecule has 15 atom stereocenters. The van der Waals surface area contributed by atoms with Gasteiger partial charge in [-0.2, -0.15) is 0 Å². The fourth-order valence-electron chi connectivity index (χ4n) is 4.41. The van der Waals surface area contributed by atoms with Gasteiger partial charge in [-0.15, -0.1) is 0 Å². The zero-order chi connectivity index (χ0) is 26.0. The number of ether oxygens (including phenoxy) is 6. The van der Waals surface area contributed by atoms with E-state index in [1.54, 1.807) is 0 Å². The van der Waals surface area contributed by atoms with Gasteiger partial charge in [-0.1, -0.05) is 0 Å². The molecule has 3 aliphatic rings. The molecule has 15 nitrogen and oxygen atoms in total. The molecule has 3 rings (SSSR count). The monoisotopic (exact) mass is 516 g/mol. The first-order chi connectivity index (χ1) is 16.5. The zero-order valence-electron chi connectivity index (χ0n) is 19.3. The normalized spacial score (nSPS) is 51.3. The Morgan fingerprint density at radius 2 is 1.03 bits per heavy atom. The van der Waals surface area contributed by atoms with Crippen LogP contribution in [0.3, 0.4) is 0 Å². The van der Waals surface area contributed by atoms with Crippen LogP contribution in [-0.4, -0.2) is 165 Å². The smallest absolute Gasteiger partial charge is 0.187 e. The summed E-state index contributed by atoms with van der Waals surface area (Å²) in [4.78, 5) is 0. The van der Waals surface area contributed by atoms with Crippen LogP contribution in [0.4, 0.5) is 0 Å². The molecule has 0 radical (unpaired) electrons. The molecule has 0 aliphatic carbocycles. The van der Waals surface area contributed by atoms with E-state index < -0.39 is 105 Å². The molecule has 0 aromatic carbocycles. The van der Waals surface area contributed by atoms with E-state index >= 15 is 0 Å². The fourth-order valence-corrected chi connectivity index (χ4v) is 4.41. The summed E-state index contributed by atoms with van der Waals surface area (Å²) in [5.74, 6) is 0. The summed E-state index contributed by atoms with van der Waals surface area (Å²) < 4.78 is 32.4. The Morgan fingerprint density at radius 1 is 0.571 bits per heavy atom. The Morgan fingerprint density at radius 3 is 1.54 bits per heavy atom. The van der Waals surface area contributed by atoms with E-state index in [-0.39, 0.29) is 6.61 Å². The summed E-state index contributed by atoms with van der Waals surface area (Å²) in [5, 5.41) is 91.6. The van der Waals surface area contributed by atoms with Crippen LogP contribution >= 0.6 is 0 Å². The molecule has 9 N–H and O–H groups in total. The average Bonchev–Trinajstić information content (AvgIpc) is 2.84. The second-order valence-electron chi connectivity index (χ2n) is 8.92. The Kier molecular flexibility index (Phi) is 10.2. The molecule has 0 bridgehead atoms. The summed E-state index contributed by atoms with van der Waals surface area (Å²) >= 11 is 0. The van der Waals surface area contributed by atoms with Gasteiger partial charge in [0, 0.05) is 7.11 Å². The summed E-state index contributed by atoms with van der Waals surface area (Å²) in [6, 6.07) is 0. The van der Waals surface area contributed by atoms with Crippen molar-refractivity contribution in [3.8, 4) is 0 Å². The van der Waals surface area contributed by atoms with E-state index in [9.17, 15) is 46.0 Å².